The van der Waals surface area contributed by atoms with Crippen LogP contribution in [0.25, 0.3) is 5.57 Å². The number of aliphatic hydroxyl groups excluding tert-OH is 1. The van der Waals surface area contributed by atoms with Crippen molar-refractivity contribution in [1.29, 1.82) is 0 Å². The first kappa shape index (κ1) is 20.6. The largest absolute Gasteiger partial charge is 0.444 e. The molecule has 0 spiro atoms. The molecule has 1 aromatic rings. The summed E-state index contributed by atoms with van der Waals surface area (Å²) in [6, 6.07) is -0.665. The number of nitrogens with zero attached hydrogens (tertiary/aromatic N) is 2. The molecule has 2 atom stereocenters. The van der Waals surface area contributed by atoms with Gasteiger partial charge in [-0.25, -0.2) is 9.18 Å². The summed E-state index contributed by atoms with van der Waals surface area (Å²) >= 11 is 0. The zero-order chi connectivity index (χ0) is 19.0. The number of aliphatic hydroxyl groups is 1. The Bertz CT molecular complexity index is 647. The number of allylic oxidation sites excluding steroid dienone is 4. The Morgan fingerprint density at radius 3 is 2.72 bits per heavy atom. The molecule has 2 N–H and O–H groups in total. The normalized spacial score (nSPS) is 15.0. The lowest BCUT2D eigenvalue weighted by molar-refractivity contribution is 0.0406. The molecule has 0 aliphatic heterocycles. The van der Waals surface area contributed by atoms with Crippen molar-refractivity contribution >= 4 is 11.7 Å². The summed E-state index contributed by atoms with van der Waals surface area (Å²) in [4.78, 5) is 15.9. The van der Waals surface area contributed by atoms with Crippen molar-refractivity contribution in [2.24, 2.45) is 0 Å². The molecule has 0 aromatic carbocycles. The number of amides is 1. The molecule has 0 saturated heterocycles. The summed E-state index contributed by atoms with van der Waals surface area (Å²) in [5.41, 5.74) is -0.256. The minimum Gasteiger partial charge on any atom is -0.444 e. The summed E-state index contributed by atoms with van der Waals surface area (Å²) in [6.45, 7) is 10.6. The maximum atomic E-state index is 12.1. The van der Waals surface area contributed by atoms with E-state index in [1.54, 1.807) is 27.7 Å². The van der Waals surface area contributed by atoms with Crippen LogP contribution in [0.15, 0.2) is 35.7 Å². The molecule has 8 heteroatoms. The molecule has 25 heavy (non-hydrogen) atoms. The standard InChI is InChI=1S/C17H24FN3O4/c1-6-11(9-8-10-18)15-20-14(21-25-15)13(22)12(7-2)19-16(23)24-17(3,4)5/h6,8-10,12-13,22H,1,7H2,2-5H3,(H,19,23)/b10-8+,11-9+/t12-,13?/m0/s1. The van der Waals surface area contributed by atoms with Gasteiger partial charge in [-0.05, 0) is 39.3 Å². The van der Waals surface area contributed by atoms with Gasteiger partial charge in [0.15, 0.2) is 0 Å². The Labute approximate surface area is 146 Å². The van der Waals surface area contributed by atoms with Gasteiger partial charge in [-0.1, -0.05) is 24.7 Å². The van der Waals surface area contributed by atoms with Crippen LogP contribution in [-0.4, -0.2) is 33.0 Å². The highest BCUT2D eigenvalue weighted by atomic mass is 19.1. The molecule has 0 saturated carbocycles. The van der Waals surface area contributed by atoms with Crippen LogP contribution in [0, 0.1) is 0 Å². The summed E-state index contributed by atoms with van der Waals surface area (Å²) < 4.78 is 22.3. The number of carbonyl (C=O) groups is 1. The second-order valence-corrected chi connectivity index (χ2v) is 6.21. The third-order valence-electron chi connectivity index (χ3n) is 3.04. The SMILES string of the molecule is C=C/C(=C\C=C\F)c1nc(C(O)[C@H](CC)NC(=O)OC(C)(C)C)no1. The van der Waals surface area contributed by atoms with E-state index in [-0.39, 0.29) is 11.7 Å². The van der Waals surface area contributed by atoms with Crippen LogP contribution in [0.3, 0.4) is 0 Å². The summed E-state index contributed by atoms with van der Waals surface area (Å²) in [7, 11) is 0. The Balaban J connectivity index is 2.88. The highest BCUT2D eigenvalue weighted by Gasteiger charge is 2.28. The molecule has 1 unspecified atom stereocenters. The first-order valence-electron chi connectivity index (χ1n) is 7.82. The van der Waals surface area contributed by atoms with E-state index in [0.29, 0.717) is 18.3 Å². The lowest BCUT2D eigenvalue weighted by atomic mass is 10.1. The third kappa shape index (κ3) is 6.50. The molecule has 0 bridgehead atoms. The van der Waals surface area contributed by atoms with Gasteiger partial charge in [0.05, 0.1) is 12.4 Å². The lowest BCUT2D eigenvalue weighted by Crippen LogP contribution is -2.42. The molecule has 0 radical (unpaired) electrons. The number of ether oxygens (including phenoxy) is 1. The van der Waals surface area contributed by atoms with Crippen LogP contribution >= 0.6 is 0 Å². The van der Waals surface area contributed by atoms with Gasteiger partial charge in [0.2, 0.25) is 5.82 Å². The van der Waals surface area contributed by atoms with E-state index < -0.39 is 23.8 Å². The number of aromatic nitrogens is 2. The van der Waals surface area contributed by atoms with E-state index in [1.165, 1.54) is 12.2 Å². The van der Waals surface area contributed by atoms with Gasteiger partial charge in [0.25, 0.3) is 5.89 Å². The maximum absolute atomic E-state index is 12.1. The van der Waals surface area contributed by atoms with Gasteiger partial charge in [0.1, 0.15) is 11.7 Å². The van der Waals surface area contributed by atoms with Gasteiger partial charge in [0, 0.05) is 5.57 Å². The fourth-order valence-electron chi connectivity index (χ4n) is 1.88. The Kier molecular flexibility index (Phi) is 7.50. The molecule has 1 rings (SSSR count). The van der Waals surface area contributed by atoms with Crippen LogP contribution < -0.4 is 5.32 Å². The molecule has 1 heterocycles. The summed E-state index contributed by atoms with van der Waals surface area (Å²) in [5, 5.41) is 16.7. The fraction of sp³-hybridized carbons (Fsp3) is 0.471. The number of nitrogens with one attached hydrogen (secondary N) is 1. The number of hydrogen-bond donors (Lipinski definition) is 2. The van der Waals surface area contributed by atoms with Crippen molar-refractivity contribution in [3.05, 3.63) is 42.9 Å². The monoisotopic (exact) mass is 353 g/mol. The van der Waals surface area contributed by atoms with E-state index in [0.717, 1.165) is 6.08 Å². The Hall–Kier alpha value is -2.48. The lowest BCUT2D eigenvalue weighted by Gasteiger charge is -2.24. The maximum Gasteiger partial charge on any atom is 0.407 e. The van der Waals surface area contributed by atoms with E-state index in [9.17, 15) is 14.3 Å². The van der Waals surface area contributed by atoms with Gasteiger partial charge in [-0.2, -0.15) is 4.98 Å². The molecule has 138 valence electrons. The van der Waals surface area contributed by atoms with Crippen molar-refractivity contribution in [2.45, 2.75) is 51.9 Å². The molecule has 0 aliphatic rings. The average molecular weight is 353 g/mol. The van der Waals surface area contributed by atoms with Crippen LogP contribution in [-0.2, 0) is 4.74 Å². The zero-order valence-electron chi connectivity index (χ0n) is 14.8. The first-order valence-corrected chi connectivity index (χ1v) is 7.82. The molecular weight excluding hydrogens is 329 g/mol. The van der Waals surface area contributed by atoms with Crippen LogP contribution in [0.5, 0.6) is 0 Å². The third-order valence-corrected chi connectivity index (χ3v) is 3.04. The summed E-state index contributed by atoms with van der Waals surface area (Å²) in [5.74, 6) is 0.0733. The van der Waals surface area contributed by atoms with Gasteiger partial charge < -0.3 is 19.7 Å². The molecule has 1 aromatic heterocycles. The van der Waals surface area contributed by atoms with Crippen molar-refractivity contribution in [1.82, 2.24) is 15.5 Å². The second kappa shape index (κ2) is 9.12. The Morgan fingerprint density at radius 1 is 1.52 bits per heavy atom. The number of alkyl carbamates (subject to hydrolysis) is 1. The fourth-order valence-corrected chi connectivity index (χ4v) is 1.88. The highest BCUT2D eigenvalue weighted by molar-refractivity contribution is 5.69. The van der Waals surface area contributed by atoms with Crippen LogP contribution in [0.4, 0.5) is 9.18 Å². The zero-order valence-corrected chi connectivity index (χ0v) is 14.8. The number of halogens is 1. The minimum absolute atomic E-state index is 0.00473. The molecule has 1 amide bonds. The molecular formula is C17H24FN3O4. The van der Waals surface area contributed by atoms with Crippen LogP contribution in [0.2, 0.25) is 0 Å². The van der Waals surface area contributed by atoms with Crippen molar-refractivity contribution in [3.63, 3.8) is 0 Å². The Morgan fingerprint density at radius 2 is 2.20 bits per heavy atom. The predicted molar refractivity (Wildman–Crippen MR) is 91.1 cm³/mol. The van der Waals surface area contributed by atoms with Crippen molar-refractivity contribution in [3.8, 4) is 0 Å². The highest BCUT2D eigenvalue weighted by Crippen LogP contribution is 2.20. The van der Waals surface area contributed by atoms with Crippen molar-refractivity contribution < 1.29 is 23.6 Å². The quantitative estimate of drug-likeness (QED) is 0.729. The van der Waals surface area contributed by atoms with E-state index >= 15 is 0 Å². The van der Waals surface area contributed by atoms with Crippen molar-refractivity contribution in [2.75, 3.05) is 0 Å². The van der Waals surface area contributed by atoms with Crippen LogP contribution in [0.1, 0.15) is 51.9 Å². The topological polar surface area (TPSA) is 97.5 Å². The molecule has 7 nitrogen and oxygen atoms in total. The van der Waals surface area contributed by atoms with E-state index in [1.807, 2.05) is 0 Å². The molecule has 0 fully saturated rings. The van der Waals surface area contributed by atoms with Gasteiger partial charge >= 0.3 is 6.09 Å². The summed E-state index contributed by atoms with van der Waals surface area (Å²) in [6.07, 6.45) is 2.88. The average Bonchev–Trinajstić information content (AvgIpc) is 3.01. The first-order chi connectivity index (χ1) is 11.7. The number of carbonyl (C=O) groups excluding carboxylic acids is 1. The smallest absolute Gasteiger partial charge is 0.407 e. The van der Waals surface area contributed by atoms with E-state index in [2.05, 4.69) is 22.0 Å². The predicted octanol–water partition coefficient (Wildman–Crippen LogP) is 3.46. The molecule has 0 aliphatic carbocycles. The van der Waals surface area contributed by atoms with E-state index in [4.69, 9.17) is 9.26 Å². The number of hydrogen-bond acceptors (Lipinski definition) is 6. The number of rotatable bonds is 7. The van der Waals surface area contributed by atoms with Gasteiger partial charge in [-0.3, -0.25) is 0 Å². The second-order valence-electron chi connectivity index (χ2n) is 6.21. The minimum atomic E-state index is -1.20. The van der Waals surface area contributed by atoms with Gasteiger partial charge in [-0.15, -0.1) is 0 Å².